The summed E-state index contributed by atoms with van der Waals surface area (Å²) in [6, 6.07) is 88.6. The maximum atomic E-state index is 5.10. The van der Waals surface area contributed by atoms with Crippen LogP contribution in [0.25, 0.3) is 177 Å². The second kappa shape index (κ2) is 22.8. The van der Waals surface area contributed by atoms with E-state index >= 15 is 0 Å². The van der Waals surface area contributed by atoms with E-state index in [0.717, 1.165) is 177 Å². The average Bonchev–Trinajstić information content (AvgIpc) is 0.881. The summed E-state index contributed by atoms with van der Waals surface area (Å²) in [5.74, 6) is 0. The zero-order valence-electron chi connectivity index (χ0n) is 49.3. The zero-order chi connectivity index (χ0) is 60.9. The van der Waals surface area contributed by atoms with Crippen LogP contribution < -0.4 is 0 Å². The van der Waals surface area contributed by atoms with Gasteiger partial charge in [-0.25, -0.2) is 19.9 Å². The maximum absolute atomic E-state index is 5.10. The second-order valence-electron chi connectivity index (χ2n) is 22.8. The van der Waals surface area contributed by atoms with Gasteiger partial charge in [0.15, 0.2) is 0 Å². The molecular formula is C82H50N10. The molecule has 10 heteroatoms. The summed E-state index contributed by atoms with van der Waals surface area (Å²) in [7, 11) is 0. The monoisotopic (exact) mass is 1170 g/mol. The van der Waals surface area contributed by atoms with Crippen LogP contribution in [0.4, 0.5) is 0 Å². The molecule has 0 N–H and O–H groups in total. The summed E-state index contributed by atoms with van der Waals surface area (Å²) in [6.07, 6.45) is 14.6. The second-order valence-corrected chi connectivity index (χ2v) is 22.8. The van der Waals surface area contributed by atoms with Crippen molar-refractivity contribution in [1.29, 1.82) is 0 Å². The molecule has 0 bridgehead atoms. The van der Waals surface area contributed by atoms with E-state index in [4.69, 9.17) is 19.9 Å². The first-order valence-electron chi connectivity index (χ1n) is 30.5. The number of fused-ring (bicyclic) bond motifs is 10. The van der Waals surface area contributed by atoms with Crippen LogP contribution in [-0.4, -0.2) is 49.8 Å². The lowest BCUT2D eigenvalue weighted by atomic mass is 9.95. The van der Waals surface area contributed by atoms with Crippen molar-refractivity contribution in [2.75, 3.05) is 0 Å². The van der Waals surface area contributed by atoms with E-state index in [9.17, 15) is 0 Å². The van der Waals surface area contributed by atoms with Gasteiger partial charge in [0, 0.05) is 115 Å². The van der Waals surface area contributed by atoms with Gasteiger partial charge in [0.25, 0.3) is 0 Å². The van der Waals surface area contributed by atoms with E-state index in [1.54, 1.807) is 12.4 Å². The Labute approximate surface area is 528 Å². The Morgan fingerprint density at radius 3 is 1.05 bits per heavy atom. The molecule has 10 aromatic heterocycles. The number of nitrogens with zero attached hydrogens (tertiary/aromatic N) is 10. The number of aromatic nitrogens is 10. The van der Waals surface area contributed by atoms with Crippen LogP contribution in [0.15, 0.2) is 304 Å². The highest BCUT2D eigenvalue weighted by atomic mass is 14.8. The summed E-state index contributed by atoms with van der Waals surface area (Å²) >= 11 is 0. The van der Waals surface area contributed by atoms with Gasteiger partial charge >= 0.3 is 0 Å². The molecule has 0 spiro atoms. The largest absolute Gasteiger partial charge is 0.264 e. The first-order chi connectivity index (χ1) is 45.5. The Bertz CT molecular complexity index is 5860. The van der Waals surface area contributed by atoms with E-state index in [-0.39, 0.29) is 0 Å². The molecule has 0 aliphatic carbocycles. The normalized spacial score (nSPS) is 11.5. The third-order valence-corrected chi connectivity index (χ3v) is 17.3. The van der Waals surface area contributed by atoms with Crippen LogP contribution >= 0.6 is 0 Å². The van der Waals surface area contributed by atoms with Crippen LogP contribution in [-0.2, 0) is 0 Å². The van der Waals surface area contributed by atoms with Gasteiger partial charge < -0.3 is 0 Å². The van der Waals surface area contributed by atoms with Crippen molar-refractivity contribution in [2.24, 2.45) is 0 Å². The smallest absolute Gasteiger partial charge is 0.0970 e. The maximum Gasteiger partial charge on any atom is 0.0970 e. The van der Waals surface area contributed by atoms with E-state index in [1.165, 1.54) is 0 Å². The topological polar surface area (TPSA) is 129 Å². The van der Waals surface area contributed by atoms with Gasteiger partial charge in [0.2, 0.25) is 0 Å². The zero-order valence-corrected chi connectivity index (χ0v) is 49.3. The lowest BCUT2D eigenvalue weighted by Crippen LogP contribution is -1.90. The average molecular weight is 1180 g/mol. The first-order valence-corrected chi connectivity index (χ1v) is 30.5. The van der Waals surface area contributed by atoms with Crippen LogP contribution in [0.2, 0.25) is 0 Å². The Morgan fingerprint density at radius 1 is 0.196 bits per heavy atom. The molecule has 0 aliphatic rings. The molecule has 18 aromatic rings. The minimum absolute atomic E-state index is 0.905. The van der Waals surface area contributed by atoms with Crippen LogP contribution in [0.5, 0.6) is 0 Å². The molecule has 0 amide bonds. The Balaban J connectivity index is 0.000000141. The van der Waals surface area contributed by atoms with E-state index in [1.807, 2.05) is 91.8 Å². The molecule has 10 nitrogen and oxygen atoms in total. The summed E-state index contributed by atoms with van der Waals surface area (Å²) in [5, 5.41) is 8.76. The Hall–Kier alpha value is -12.7. The molecule has 8 aromatic carbocycles. The molecule has 92 heavy (non-hydrogen) atoms. The fourth-order valence-electron chi connectivity index (χ4n) is 12.5. The molecule has 0 saturated carbocycles. The lowest BCUT2D eigenvalue weighted by Gasteiger charge is -2.11. The van der Waals surface area contributed by atoms with Gasteiger partial charge in [-0.1, -0.05) is 152 Å². The predicted octanol–water partition coefficient (Wildman–Crippen LogP) is 19.9. The lowest BCUT2D eigenvalue weighted by molar-refractivity contribution is 1.30. The van der Waals surface area contributed by atoms with Crippen LogP contribution in [0, 0.1) is 0 Å². The van der Waals surface area contributed by atoms with Crippen molar-refractivity contribution < 1.29 is 0 Å². The Kier molecular flexibility index (Phi) is 13.3. The molecule has 0 saturated heterocycles. The molecule has 0 radical (unpaired) electrons. The minimum Gasteiger partial charge on any atom is -0.264 e. The van der Waals surface area contributed by atoms with Crippen molar-refractivity contribution in [3.63, 3.8) is 0 Å². The molecule has 18 rings (SSSR count). The first kappa shape index (κ1) is 53.6. The SMILES string of the molecule is c1cncc(-c2ccc3ccc(-c4ccc5ccc(-c6ccc(-c7cc8cccnc8c8ncccc78)cc6)cc5n4)cc3n2)c1.c1cncc(-c2ccc3ccc(-c4ccc5ccc(-c6ccc(-c7ccnc8c7ccc7cccnc78)cc6)cc5n4)cc3n2)c1. The highest BCUT2D eigenvalue weighted by Gasteiger charge is 2.15. The van der Waals surface area contributed by atoms with E-state index in [0.29, 0.717) is 0 Å². The fourth-order valence-corrected chi connectivity index (χ4v) is 12.5. The number of hydrogen-bond acceptors (Lipinski definition) is 10. The summed E-state index contributed by atoms with van der Waals surface area (Å²) in [5.41, 5.74) is 24.3. The van der Waals surface area contributed by atoms with Gasteiger partial charge in [-0.3, -0.25) is 29.9 Å². The molecule has 0 fully saturated rings. The van der Waals surface area contributed by atoms with Gasteiger partial charge in [-0.15, -0.1) is 0 Å². The molecule has 0 atom stereocenters. The van der Waals surface area contributed by atoms with E-state index < -0.39 is 0 Å². The van der Waals surface area contributed by atoms with Crippen LogP contribution in [0.1, 0.15) is 0 Å². The standard InChI is InChI=1S/2C41H25N5/c1-5-33(25-42-19-1)37-18-16-29-12-14-31(24-39(29)46-37)36-17-15-28-11-13-30(23-38(28)45-36)26-7-9-27(10-8-26)35-22-32-4-2-20-43-40(32)41-34(35)6-3-21-44-41;1-4-33(25-42-20-1)37-18-15-29-10-12-32(24-39(29)46-37)36-17-14-28-9-11-31(23-38(28)45-36)26-5-7-27(8-6-26)34-19-22-44-41-35(34)16-13-30-3-2-21-43-40(30)41/h2*1-25H. The van der Waals surface area contributed by atoms with Crippen molar-refractivity contribution in [3.8, 4) is 89.5 Å². The molecular weight excluding hydrogens is 1120 g/mol. The molecule has 0 unspecified atom stereocenters. The summed E-state index contributed by atoms with van der Waals surface area (Å²) in [4.78, 5) is 47.1. The third kappa shape index (κ3) is 10.1. The quantitative estimate of drug-likeness (QED) is 0.136. The third-order valence-electron chi connectivity index (χ3n) is 17.3. The molecule has 10 heterocycles. The van der Waals surface area contributed by atoms with Crippen molar-refractivity contribution in [2.45, 2.75) is 0 Å². The van der Waals surface area contributed by atoms with Crippen molar-refractivity contribution >= 4 is 87.2 Å². The van der Waals surface area contributed by atoms with Crippen LogP contribution in [0.3, 0.4) is 0 Å². The number of rotatable bonds is 8. The van der Waals surface area contributed by atoms with Crippen molar-refractivity contribution in [1.82, 2.24) is 49.8 Å². The predicted molar refractivity (Wildman–Crippen MR) is 374 cm³/mol. The van der Waals surface area contributed by atoms with Gasteiger partial charge in [-0.05, 0) is 148 Å². The number of benzene rings is 8. The Morgan fingerprint density at radius 2 is 0.554 bits per heavy atom. The fraction of sp³-hybridized carbons (Fsp3) is 0. The highest BCUT2D eigenvalue weighted by molar-refractivity contribution is 6.11. The van der Waals surface area contributed by atoms with E-state index in [2.05, 4.69) is 230 Å². The van der Waals surface area contributed by atoms with Gasteiger partial charge in [-0.2, -0.15) is 0 Å². The van der Waals surface area contributed by atoms with Gasteiger partial charge in [0.05, 0.1) is 66.9 Å². The summed E-state index contributed by atoms with van der Waals surface area (Å²) in [6.45, 7) is 0. The van der Waals surface area contributed by atoms with Gasteiger partial charge in [0.1, 0.15) is 0 Å². The summed E-state index contributed by atoms with van der Waals surface area (Å²) < 4.78 is 0. The molecule has 0 aliphatic heterocycles. The molecule has 428 valence electrons. The number of hydrogen-bond donors (Lipinski definition) is 0. The minimum atomic E-state index is 0.905. The van der Waals surface area contributed by atoms with Crippen molar-refractivity contribution in [3.05, 3.63) is 304 Å². The highest BCUT2D eigenvalue weighted by Crippen LogP contribution is 2.38. The number of pyridine rings is 10.